The molecule has 0 amide bonds. The summed E-state index contributed by atoms with van der Waals surface area (Å²) in [6.07, 6.45) is 5.61. The molecule has 0 bridgehead atoms. The number of fused-ring (bicyclic) bond motifs is 1. The highest BCUT2D eigenvalue weighted by Crippen LogP contribution is 2.21. The van der Waals surface area contributed by atoms with E-state index in [0.717, 1.165) is 28.0 Å². The molecule has 0 fully saturated rings. The van der Waals surface area contributed by atoms with Crippen LogP contribution in [0.4, 0.5) is 0 Å². The highest BCUT2D eigenvalue weighted by Gasteiger charge is 2.07. The van der Waals surface area contributed by atoms with E-state index in [1.54, 1.807) is 6.20 Å². The lowest BCUT2D eigenvalue weighted by molar-refractivity contribution is 0.878. The molecule has 0 aliphatic rings. The molecule has 0 aliphatic carbocycles. The molecule has 4 heteroatoms. The summed E-state index contributed by atoms with van der Waals surface area (Å²) in [4.78, 5) is 9.13. The van der Waals surface area contributed by atoms with Crippen LogP contribution >= 0.6 is 0 Å². The van der Waals surface area contributed by atoms with Crippen LogP contribution in [0.1, 0.15) is 11.1 Å². The molecule has 112 valence electrons. The number of hydrogen-bond donors (Lipinski definition) is 0. The first-order valence-electron chi connectivity index (χ1n) is 7.55. The Hall–Kier alpha value is -3.01. The molecule has 2 heterocycles. The molecular formula is C19H16N4. The van der Waals surface area contributed by atoms with Crippen molar-refractivity contribution < 1.29 is 0 Å². The first-order valence-corrected chi connectivity index (χ1v) is 7.55. The van der Waals surface area contributed by atoms with Crippen molar-refractivity contribution in [3.63, 3.8) is 0 Å². The van der Waals surface area contributed by atoms with Gasteiger partial charge in [-0.2, -0.15) is 5.10 Å². The van der Waals surface area contributed by atoms with E-state index in [1.165, 1.54) is 11.1 Å². The molecule has 0 aliphatic heterocycles. The average molecular weight is 300 g/mol. The van der Waals surface area contributed by atoms with Gasteiger partial charge in [-0.3, -0.25) is 4.98 Å². The molecule has 4 aromatic rings. The first kappa shape index (κ1) is 13.6. The third-order valence-corrected chi connectivity index (χ3v) is 4.08. The van der Waals surface area contributed by atoms with Crippen LogP contribution in [-0.2, 0) is 0 Å². The average Bonchev–Trinajstić information content (AvgIpc) is 3.07. The number of nitrogens with zero attached hydrogens (tertiary/aromatic N) is 4. The van der Waals surface area contributed by atoms with Gasteiger partial charge in [0, 0.05) is 11.8 Å². The molecule has 4 rings (SSSR count). The summed E-state index contributed by atoms with van der Waals surface area (Å²) in [7, 11) is 0. The quantitative estimate of drug-likeness (QED) is 0.560. The molecule has 0 saturated carbocycles. The second-order valence-corrected chi connectivity index (χ2v) is 5.69. The minimum atomic E-state index is 0.832. The Kier molecular flexibility index (Phi) is 3.15. The smallest absolute Gasteiger partial charge is 0.0924 e. The summed E-state index contributed by atoms with van der Waals surface area (Å²) in [5.74, 6) is 0. The maximum atomic E-state index is 4.67. The van der Waals surface area contributed by atoms with Gasteiger partial charge < -0.3 is 0 Å². The maximum absolute atomic E-state index is 4.67. The monoisotopic (exact) mass is 300 g/mol. The van der Waals surface area contributed by atoms with Gasteiger partial charge in [0.2, 0.25) is 0 Å². The van der Waals surface area contributed by atoms with E-state index in [-0.39, 0.29) is 0 Å². The summed E-state index contributed by atoms with van der Waals surface area (Å²) in [6, 6.07) is 14.2. The van der Waals surface area contributed by atoms with Crippen LogP contribution in [-0.4, -0.2) is 19.7 Å². The minimum absolute atomic E-state index is 0.832. The van der Waals surface area contributed by atoms with E-state index >= 15 is 0 Å². The summed E-state index contributed by atoms with van der Waals surface area (Å²) in [6.45, 7) is 4.22. The van der Waals surface area contributed by atoms with Gasteiger partial charge in [0.1, 0.15) is 0 Å². The van der Waals surface area contributed by atoms with Crippen LogP contribution in [0.5, 0.6) is 0 Å². The molecule has 0 spiro atoms. The lowest BCUT2D eigenvalue weighted by atomic mass is 10.1. The van der Waals surface area contributed by atoms with Crippen molar-refractivity contribution in [3.8, 4) is 16.9 Å². The van der Waals surface area contributed by atoms with Crippen LogP contribution in [0.25, 0.3) is 28.0 Å². The number of para-hydroxylation sites is 2. The number of rotatable bonds is 2. The van der Waals surface area contributed by atoms with Crippen LogP contribution in [0.2, 0.25) is 0 Å². The lowest BCUT2D eigenvalue weighted by Crippen LogP contribution is -1.95. The second kappa shape index (κ2) is 5.32. The Morgan fingerprint density at radius 2 is 1.70 bits per heavy atom. The van der Waals surface area contributed by atoms with E-state index in [0.29, 0.717) is 0 Å². The van der Waals surface area contributed by atoms with Crippen LogP contribution in [0.15, 0.2) is 61.1 Å². The van der Waals surface area contributed by atoms with Crippen molar-refractivity contribution in [1.29, 1.82) is 0 Å². The molecular weight excluding hydrogens is 284 g/mol. The van der Waals surface area contributed by atoms with Crippen LogP contribution in [0.3, 0.4) is 0 Å². The normalized spacial score (nSPS) is 11.0. The summed E-state index contributed by atoms with van der Waals surface area (Å²) < 4.78 is 1.87. The zero-order valence-electron chi connectivity index (χ0n) is 13.1. The van der Waals surface area contributed by atoms with Crippen LogP contribution in [0, 0.1) is 13.8 Å². The van der Waals surface area contributed by atoms with Gasteiger partial charge in [0.15, 0.2) is 0 Å². The fourth-order valence-corrected chi connectivity index (χ4v) is 2.56. The van der Waals surface area contributed by atoms with Crippen molar-refractivity contribution in [2.75, 3.05) is 0 Å². The Labute approximate surface area is 134 Å². The number of benzene rings is 2. The van der Waals surface area contributed by atoms with Crippen molar-refractivity contribution in [2.45, 2.75) is 13.8 Å². The van der Waals surface area contributed by atoms with E-state index < -0.39 is 0 Å². The highest BCUT2D eigenvalue weighted by atomic mass is 15.3. The van der Waals surface area contributed by atoms with Crippen molar-refractivity contribution >= 4 is 11.0 Å². The van der Waals surface area contributed by atoms with Gasteiger partial charge >= 0.3 is 0 Å². The predicted octanol–water partition coefficient (Wildman–Crippen LogP) is 4.10. The van der Waals surface area contributed by atoms with E-state index in [2.05, 4.69) is 47.1 Å². The van der Waals surface area contributed by atoms with Gasteiger partial charge in [-0.25, -0.2) is 9.67 Å². The Balaban J connectivity index is 1.75. The Bertz CT molecular complexity index is 1000. The molecule has 0 N–H and O–H groups in total. The van der Waals surface area contributed by atoms with Crippen molar-refractivity contribution in [2.24, 2.45) is 0 Å². The van der Waals surface area contributed by atoms with Crippen molar-refractivity contribution in [3.05, 3.63) is 72.2 Å². The molecule has 2 aromatic carbocycles. The standard InChI is InChI=1S/C19H16N4/c1-13-7-8-16(9-14(13)2)23-12-15(10-21-23)19-11-20-17-5-3-4-6-18(17)22-19/h3-12H,1-2H3. The maximum Gasteiger partial charge on any atom is 0.0924 e. The number of aromatic nitrogens is 4. The largest absolute Gasteiger partial charge is 0.252 e. The second-order valence-electron chi connectivity index (χ2n) is 5.69. The Morgan fingerprint density at radius 1 is 0.870 bits per heavy atom. The number of hydrogen-bond acceptors (Lipinski definition) is 3. The summed E-state index contributed by atoms with van der Waals surface area (Å²) in [5.41, 5.74) is 7.17. The van der Waals surface area contributed by atoms with E-state index in [9.17, 15) is 0 Å². The lowest BCUT2D eigenvalue weighted by Gasteiger charge is -2.05. The Morgan fingerprint density at radius 3 is 2.52 bits per heavy atom. The van der Waals surface area contributed by atoms with Gasteiger partial charge in [0.05, 0.1) is 34.8 Å². The van der Waals surface area contributed by atoms with Crippen LogP contribution < -0.4 is 0 Å². The molecule has 0 atom stereocenters. The summed E-state index contributed by atoms with van der Waals surface area (Å²) >= 11 is 0. The fraction of sp³-hybridized carbons (Fsp3) is 0.105. The number of aryl methyl sites for hydroxylation is 2. The third kappa shape index (κ3) is 2.48. The van der Waals surface area contributed by atoms with Crippen molar-refractivity contribution in [1.82, 2.24) is 19.7 Å². The minimum Gasteiger partial charge on any atom is -0.252 e. The summed E-state index contributed by atoms with van der Waals surface area (Å²) in [5, 5.41) is 4.46. The SMILES string of the molecule is Cc1ccc(-n2cc(-c3cnc4ccccc4n3)cn2)cc1C. The first-order chi connectivity index (χ1) is 11.2. The highest BCUT2D eigenvalue weighted by molar-refractivity contribution is 5.76. The zero-order chi connectivity index (χ0) is 15.8. The van der Waals surface area contributed by atoms with Gasteiger partial charge in [-0.15, -0.1) is 0 Å². The predicted molar refractivity (Wildman–Crippen MR) is 91.6 cm³/mol. The van der Waals surface area contributed by atoms with E-state index in [1.807, 2.05) is 41.3 Å². The topological polar surface area (TPSA) is 43.6 Å². The molecule has 23 heavy (non-hydrogen) atoms. The molecule has 4 nitrogen and oxygen atoms in total. The van der Waals surface area contributed by atoms with Gasteiger partial charge in [-0.1, -0.05) is 18.2 Å². The van der Waals surface area contributed by atoms with E-state index in [4.69, 9.17) is 0 Å². The fourth-order valence-electron chi connectivity index (χ4n) is 2.56. The molecule has 0 radical (unpaired) electrons. The van der Waals surface area contributed by atoms with Gasteiger partial charge in [-0.05, 0) is 49.2 Å². The molecule has 0 unspecified atom stereocenters. The molecule has 2 aromatic heterocycles. The molecule has 0 saturated heterocycles. The third-order valence-electron chi connectivity index (χ3n) is 4.08. The van der Waals surface area contributed by atoms with Gasteiger partial charge in [0.25, 0.3) is 0 Å². The zero-order valence-corrected chi connectivity index (χ0v) is 13.1.